The number of rotatable bonds is 5. The minimum atomic E-state index is 0. The van der Waals surface area contributed by atoms with Gasteiger partial charge < -0.3 is 10.6 Å². The van der Waals surface area contributed by atoms with Gasteiger partial charge in [0.05, 0.1) is 5.75 Å². The number of carbonyl (C=O) groups excluding carboxylic acids is 1. The van der Waals surface area contributed by atoms with Crippen molar-refractivity contribution in [2.24, 2.45) is 0 Å². The first-order valence-corrected chi connectivity index (χ1v) is 7.06. The van der Waals surface area contributed by atoms with E-state index < -0.39 is 0 Å². The molecule has 0 fully saturated rings. The van der Waals surface area contributed by atoms with Crippen molar-refractivity contribution in [1.82, 2.24) is 5.32 Å². The standard InChI is InChI=1S/C14H22N2OS.ClH/c1-14(2,3)18-10-13(17)16-12-7-5-6-11(8-12)9-15-4;/h5-8,15H,9-10H2,1-4H3,(H,16,17);1H. The summed E-state index contributed by atoms with van der Waals surface area (Å²) in [5.74, 6) is 0.538. The molecule has 0 heterocycles. The van der Waals surface area contributed by atoms with Crippen LogP contribution in [-0.2, 0) is 11.3 Å². The average molecular weight is 303 g/mol. The summed E-state index contributed by atoms with van der Waals surface area (Å²) in [7, 11) is 1.91. The third-order valence-corrected chi connectivity index (χ3v) is 3.50. The molecule has 0 aliphatic carbocycles. The Hall–Kier alpha value is -0.710. The summed E-state index contributed by atoms with van der Waals surface area (Å²) in [6, 6.07) is 7.91. The zero-order valence-corrected chi connectivity index (χ0v) is 13.6. The Labute approximate surface area is 126 Å². The summed E-state index contributed by atoms with van der Waals surface area (Å²) >= 11 is 1.65. The van der Waals surface area contributed by atoms with E-state index in [0.29, 0.717) is 5.75 Å². The van der Waals surface area contributed by atoms with Gasteiger partial charge in [0, 0.05) is 17.0 Å². The molecule has 0 aromatic heterocycles. The van der Waals surface area contributed by atoms with Gasteiger partial charge in [0.15, 0.2) is 0 Å². The highest BCUT2D eigenvalue weighted by Gasteiger charge is 2.13. The van der Waals surface area contributed by atoms with E-state index in [1.54, 1.807) is 11.8 Å². The number of hydrogen-bond acceptors (Lipinski definition) is 3. The minimum absolute atomic E-state index is 0. The lowest BCUT2D eigenvalue weighted by atomic mass is 10.2. The Morgan fingerprint density at radius 1 is 1.32 bits per heavy atom. The number of carbonyl (C=O) groups is 1. The number of benzene rings is 1. The van der Waals surface area contributed by atoms with Gasteiger partial charge in [-0.25, -0.2) is 0 Å². The lowest BCUT2D eigenvalue weighted by Crippen LogP contribution is -2.19. The van der Waals surface area contributed by atoms with E-state index in [1.165, 1.54) is 5.56 Å². The highest BCUT2D eigenvalue weighted by atomic mass is 35.5. The van der Waals surface area contributed by atoms with Crippen LogP contribution in [0.25, 0.3) is 0 Å². The lowest BCUT2D eigenvalue weighted by molar-refractivity contribution is -0.113. The van der Waals surface area contributed by atoms with E-state index in [4.69, 9.17) is 0 Å². The van der Waals surface area contributed by atoms with Gasteiger partial charge in [-0.3, -0.25) is 4.79 Å². The molecule has 0 saturated heterocycles. The van der Waals surface area contributed by atoms with Crippen molar-refractivity contribution in [3.8, 4) is 0 Å². The quantitative estimate of drug-likeness (QED) is 0.877. The molecule has 108 valence electrons. The fourth-order valence-corrected chi connectivity index (χ4v) is 2.08. The molecule has 3 nitrogen and oxygen atoms in total. The van der Waals surface area contributed by atoms with Crippen molar-refractivity contribution in [2.75, 3.05) is 18.1 Å². The number of anilines is 1. The smallest absolute Gasteiger partial charge is 0.234 e. The lowest BCUT2D eigenvalue weighted by Gasteiger charge is -2.17. The largest absolute Gasteiger partial charge is 0.325 e. The maximum absolute atomic E-state index is 11.8. The molecule has 1 aromatic carbocycles. The van der Waals surface area contributed by atoms with Crippen LogP contribution in [0.15, 0.2) is 24.3 Å². The molecule has 2 N–H and O–H groups in total. The first-order valence-electron chi connectivity index (χ1n) is 6.08. The summed E-state index contributed by atoms with van der Waals surface area (Å²) in [5, 5.41) is 6.02. The van der Waals surface area contributed by atoms with Gasteiger partial charge in [-0.15, -0.1) is 24.2 Å². The van der Waals surface area contributed by atoms with Crippen molar-refractivity contribution in [3.63, 3.8) is 0 Å². The second-order valence-electron chi connectivity index (χ2n) is 5.18. The molecule has 1 rings (SSSR count). The molecule has 5 heteroatoms. The van der Waals surface area contributed by atoms with E-state index in [1.807, 2.05) is 31.3 Å². The van der Waals surface area contributed by atoms with Crippen LogP contribution in [0.4, 0.5) is 5.69 Å². The monoisotopic (exact) mass is 302 g/mol. The molecule has 0 atom stereocenters. The van der Waals surface area contributed by atoms with Crippen LogP contribution in [-0.4, -0.2) is 23.5 Å². The molecule has 19 heavy (non-hydrogen) atoms. The Kier molecular flexibility index (Phi) is 8.14. The molecular weight excluding hydrogens is 280 g/mol. The first-order chi connectivity index (χ1) is 8.40. The van der Waals surface area contributed by atoms with Gasteiger partial charge in [-0.2, -0.15) is 0 Å². The number of thioether (sulfide) groups is 1. The van der Waals surface area contributed by atoms with Gasteiger partial charge in [0.2, 0.25) is 5.91 Å². The molecular formula is C14H23ClN2OS. The molecule has 0 aliphatic heterocycles. The Bertz CT molecular complexity index is 405. The van der Waals surface area contributed by atoms with Crippen molar-refractivity contribution in [1.29, 1.82) is 0 Å². The second-order valence-corrected chi connectivity index (χ2v) is 6.98. The van der Waals surface area contributed by atoms with E-state index in [2.05, 4.69) is 31.4 Å². The molecule has 0 saturated carbocycles. The molecule has 0 unspecified atom stereocenters. The number of halogens is 1. The zero-order valence-electron chi connectivity index (χ0n) is 11.9. The average Bonchev–Trinajstić information content (AvgIpc) is 2.26. The topological polar surface area (TPSA) is 41.1 Å². The highest BCUT2D eigenvalue weighted by Crippen LogP contribution is 2.23. The van der Waals surface area contributed by atoms with Crippen LogP contribution >= 0.6 is 24.2 Å². The Morgan fingerprint density at radius 2 is 2.00 bits per heavy atom. The summed E-state index contributed by atoms with van der Waals surface area (Å²) < 4.78 is 0.116. The normalized spacial score (nSPS) is 10.7. The third-order valence-electron chi connectivity index (χ3n) is 2.23. The summed E-state index contributed by atoms with van der Waals surface area (Å²) in [4.78, 5) is 11.8. The predicted molar refractivity (Wildman–Crippen MR) is 87.3 cm³/mol. The highest BCUT2D eigenvalue weighted by molar-refractivity contribution is 8.01. The molecule has 0 spiro atoms. The first kappa shape index (κ1) is 18.3. The van der Waals surface area contributed by atoms with Crippen LogP contribution in [0.2, 0.25) is 0 Å². The van der Waals surface area contributed by atoms with Crippen LogP contribution in [0.1, 0.15) is 26.3 Å². The van der Waals surface area contributed by atoms with Gasteiger partial charge in [-0.1, -0.05) is 32.9 Å². The fourth-order valence-electron chi connectivity index (χ4n) is 1.44. The van der Waals surface area contributed by atoms with Crippen molar-refractivity contribution >= 4 is 35.8 Å². The fraction of sp³-hybridized carbons (Fsp3) is 0.500. The second kappa shape index (κ2) is 8.46. The molecule has 0 bridgehead atoms. The molecule has 1 amide bonds. The van der Waals surface area contributed by atoms with E-state index in [9.17, 15) is 4.79 Å². The van der Waals surface area contributed by atoms with Gasteiger partial charge >= 0.3 is 0 Å². The van der Waals surface area contributed by atoms with E-state index in [0.717, 1.165) is 12.2 Å². The van der Waals surface area contributed by atoms with E-state index >= 15 is 0 Å². The maximum atomic E-state index is 11.8. The van der Waals surface area contributed by atoms with Crippen LogP contribution < -0.4 is 10.6 Å². The minimum Gasteiger partial charge on any atom is -0.325 e. The zero-order chi connectivity index (χ0) is 13.6. The molecule has 0 radical (unpaired) electrons. The van der Waals surface area contributed by atoms with Gasteiger partial charge in [-0.05, 0) is 24.7 Å². The van der Waals surface area contributed by atoms with Crippen molar-refractivity contribution < 1.29 is 4.79 Å². The van der Waals surface area contributed by atoms with Crippen molar-refractivity contribution in [2.45, 2.75) is 32.1 Å². The van der Waals surface area contributed by atoms with Crippen LogP contribution in [0.3, 0.4) is 0 Å². The molecule has 0 aliphatic rings. The number of hydrogen-bond donors (Lipinski definition) is 2. The summed E-state index contributed by atoms with van der Waals surface area (Å²) in [6.07, 6.45) is 0. The third kappa shape index (κ3) is 8.14. The van der Waals surface area contributed by atoms with Gasteiger partial charge in [0.25, 0.3) is 0 Å². The summed E-state index contributed by atoms with van der Waals surface area (Å²) in [5.41, 5.74) is 2.03. The number of nitrogens with one attached hydrogen (secondary N) is 2. The molecule has 1 aromatic rings. The van der Waals surface area contributed by atoms with Crippen molar-refractivity contribution in [3.05, 3.63) is 29.8 Å². The van der Waals surface area contributed by atoms with Crippen LogP contribution in [0.5, 0.6) is 0 Å². The maximum Gasteiger partial charge on any atom is 0.234 e. The van der Waals surface area contributed by atoms with Gasteiger partial charge in [0.1, 0.15) is 0 Å². The predicted octanol–water partition coefficient (Wildman–Crippen LogP) is 3.30. The Balaban J connectivity index is 0.00000324. The van der Waals surface area contributed by atoms with Crippen LogP contribution in [0, 0.1) is 0 Å². The number of amides is 1. The van der Waals surface area contributed by atoms with E-state index in [-0.39, 0.29) is 23.1 Å². The Morgan fingerprint density at radius 3 is 2.58 bits per heavy atom. The summed E-state index contributed by atoms with van der Waals surface area (Å²) in [6.45, 7) is 7.13. The SMILES string of the molecule is CNCc1cccc(NC(=O)CSC(C)(C)C)c1.Cl.